The van der Waals surface area contributed by atoms with E-state index in [1.165, 1.54) is 6.08 Å². The predicted molar refractivity (Wildman–Crippen MR) is 52.3 cm³/mol. The van der Waals surface area contributed by atoms with Gasteiger partial charge in [-0.3, -0.25) is 0 Å². The van der Waals surface area contributed by atoms with Crippen molar-refractivity contribution < 1.29 is 13.9 Å². The van der Waals surface area contributed by atoms with E-state index in [4.69, 9.17) is 0 Å². The third-order valence-corrected chi connectivity index (χ3v) is 3.05. The Labute approximate surface area is 83.8 Å². The quantitative estimate of drug-likeness (QED) is 0.700. The molecule has 0 amide bonds. The summed E-state index contributed by atoms with van der Waals surface area (Å²) in [6.07, 6.45) is 3.89. The summed E-state index contributed by atoms with van der Waals surface area (Å²) >= 11 is 0. The molecule has 0 bridgehead atoms. The molecule has 82 valence electrons. The predicted octanol–water partition coefficient (Wildman–Crippen LogP) is 3.14. The molecule has 2 unspecified atom stereocenters. The van der Waals surface area contributed by atoms with Crippen molar-refractivity contribution >= 4 is 0 Å². The van der Waals surface area contributed by atoms with Crippen LogP contribution in [0.25, 0.3) is 0 Å². The molecule has 0 heterocycles. The summed E-state index contributed by atoms with van der Waals surface area (Å²) in [6, 6.07) is 0. The third kappa shape index (κ3) is 2.53. The van der Waals surface area contributed by atoms with Gasteiger partial charge in [0.15, 0.2) is 0 Å². The van der Waals surface area contributed by atoms with Crippen molar-refractivity contribution in [2.45, 2.75) is 51.1 Å². The molecule has 1 rings (SSSR count). The van der Waals surface area contributed by atoms with Gasteiger partial charge < -0.3 is 5.11 Å². The molecule has 0 saturated carbocycles. The summed E-state index contributed by atoms with van der Waals surface area (Å²) in [5.74, 6) is -2.67. The van der Waals surface area contributed by atoms with Crippen LogP contribution in [-0.4, -0.2) is 16.6 Å². The molecule has 0 spiro atoms. The van der Waals surface area contributed by atoms with E-state index in [0.29, 0.717) is 0 Å². The van der Waals surface area contributed by atoms with E-state index in [-0.39, 0.29) is 18.8 Å². The smallest absolute Gasteiger partial charge is 0.266 e. The Hall–Kier alpha value is -0.440. The van der Waals surface area contributed by atoms with E-state index >= 15 is 0 Å². The number of hydrogen-bond donors (Lipinski definition) is 1. The molecule has 0 radical (unpaired) electrons. The lowest BCUT2D eigenvalue weighted by Gasteiger charge is -2.35. The fourth-order valence-corrected chi connectivity index (χ4v) is 1.89. The maximum absolute atomic E-state index is 12.8. The first-order valence-electron chi connectivity index (χ1n) is 5.20. The minimum Gasteiger partial charge on any atom is -0.386 e. The van der Waals surface area contributed by atoms with Gasteiger partial charge in [-0.25, -0.2) is 8.78 Å². The molecule has 0 aliphatic heterocycles. The highest BCUT2D eigenvalue weighted by Gasteiger charge is 2.40. The molecule has 1 nitrogen and oxygen atoms in total. The normalized spacial score (nSPS) is 32.9. The monoisotopic (exact) mass is 204 g/mol. The number of rotatable bonds is 3. The first-order valence-corrected chi connectivity index (χ1v) is 5.20. The van der Waals surface area contributed by atoms with Crippen molar-refractivity contribution in [1.82, 2.24) is 0 Å². The van der Waals surface area contributed by atoms with Gasteiger partial charge in [0.25, 0.3) is 5.92 Å². The minimum absolute atomic E-state index is 0.0554. The highest BCUT2D eigenvalue weighted by atomic mass is 19.3. The molecule has 1 N–H and O–H groups in total. The van der Waals surface area contributed by atoms with Crippen LogP contribution in [0.5, 0.6) is 0 Å². The fraction of sp³-hybridized carbons (Fsp3) is 0.818. The lowest BCUT2D eigenvalue weighted by Crippen LogP contribution is -2.39. The van der Waals surface area contributed by atoms with Gasteiger partial charge in [0.05, 0.1) is 5.60 Å². The minimum atomic E-state index is -2.72. The molecule has 0 fully saturated rings. The molecule has 0 aromatic heterocycles. The van der Waals surface area contributed by atoms with Crippen molar-refractivity contribution in [3.63, 3.8) is 0 Å². The van der Waals surface area contributed by atoms with Gasteiger partial charge in [-0.15, -0.1) is 0 Å². The number of halogens is 2. The van der Waals surface area contributed by atoms with Crippen LogP contribution in [0.4, 0.5) is 8.78 Å². The molecule has 3 heteroatoms. The van der Waals surface area contributed by atoms with E-state index in [1.807, 2.05) is 13.8 Å². The Morgan fingerprint density at radius 2 is 2.00 bits per heavy atom. The van der Waals surface area contributed by atoms with Gasteiger partial charge in [-0.1, -0.05) is 26.3 Å². The van der Waals surface area contributed by atoms with Gasteiger partial charge in [0.2, 0.25) is 0 Å². The molecular weight excluding hydrogens is 186 g/mol. The summed E-state index contributed by atoms with van der Waals surface area (Å²) in [4.78, 5) is 0. The van der Waals surface area contributed by atoms with Crippen LogP contribution in [0, 0.1) is 5.92 Å². The van der Waals surface area contributed by atoms with Gasteiger partial charge >= 0.3 is 0 Å². The molecule has 14 heavy (non-hydrogen) atoms. The van der Waals surface area contributed by atoms with Crippen molar-refractivity contribution in [2.75, 3.05) is 0 Å². The summed E-state index contributed by atoms with van der Waals surface area (Å²) in [5.41, 5.74) is -1.02. The van der Waals surface area contributed by atoms with Crippen molar-refractivity contribution in [1.29, 1.82) is 0 Å². The maximum Gasteiger partial charge on any atom is 0.266 e. The van der Waals surface area contributed by atoms with E-state index in [2.05, 4.69) is 0 Å². The lowest BCUT2D eigenvalue weighted by molar-refractivity contribution is -0.0366. The van der Waals surface area contributed by atoms with Crippen LogP contribution in [0.1, 0.15) is 39.5 Å². The van der Waals surface area contributed by atoms with E-state index < -0.39 is 11.5 Å². The van der Waals surface area contributed by atoms with Gasteiger partial charge in [0, 0.05) is 6.42 Å². The Morgan fingerprint density at radius 1 is 1.36 bits per heavy atom. The van der Waals surface area contributed by atoms with E-state index in [0.717, 1.165) is 18.9 Å². The SMILES string of the molecule is CCCC(C)C1(O)C=CC(F)(F)CC1. The molecular formula is C11H18F2O. The Morgan fingerprint density at radius 3 is 2.43 bits per heavy atom. The number of hydrogen-bond acceptors (Lipinski definition) is 1. The van der Waals surface area contributed by atoms with Crippen LogP contribution < -0.4 is 0 Å². The topological polar surface area (TPSA) is 20.2 Å². The van der Waals surface area contributed by atoms with Crippen molar-refractivity contribution in [3.05, 3.63) is 12.2 Å². The van der Waals surface area contributed by atoms with Gasteiger partial charge in [-0.2, -0.15) is 0 Å². The van der Waals surface area contributed by atoms with Crippen LogP contribution in [-0.2, 0) is 0 Å². The van der Waals surface area contributed by atoms with Crippen LogP contribution >= 0.6 is 0 Å². The largest absolute Gasteiger partial charge is 0.386 e. The molecule has 2 atom stereocenters. The van der Waals surface area contributed by atoms with Crippen LogP contribution in [0.3, 0.4) is 0 Å². The summed E-state index contributed by atoms with van der Waals surface area (Å²) in [7, 11) is 0. The number of alkyl halides is 2. The first kappa shape index (κ1) is 11.6. The molecule has 0 aromatic carbocycles. The average molecular weight is 204 g/mol. The Bertz CT molecular complexity index is 225. The highest BCUT2D eigenvalue weighted by molar-refractivity contribution is 5.12. The fourth-order valence-electron chi connectivity index (χ4n) is 1.89. The Kier molecular flexibility index (Phi) is 3.30. The third-order valence-electron chi connectivity index (χ3n) is 3.05. The van der Waals surface area contributed by atoms with Crippen molar-refractivity contribution in [2.24, 2.45) is 5.92 Å². The first-order chi connectivity index (χ1) is 6.40. The summed E-state index contributed by atoms with van der Waals surface area (Å²) in [5, 5.41) is 10.1. The van der Waals surface area contributed by atoms with Crippen LogP contribution in [0.2, 0.25) is 0 Å². The second kappa shape index (κ2) is 3.97. The molecule has 1 aliphatic rings. The summed E-state index contributed by atoms with van der Waals surface area (Å²) < 4.78 is 25.6. The number of aliphatic hydroxyl groups is 1. The molecule has 1 aliphatic carbocycles. The lowest BCUT2D eigenvalue weighted by atomic mass is 9.78. The standard InChI is InChI=1S/C11H18F2O/c1-3-4-9(2)10(14)5-7-11(12,13)8-6-10/h5,7,9,14H,3-4,6,8H2,1-2H3. The number of allylic oxidation sites excluding steroid dienone is 1. The molecule has 0 aromatic rings. The zero-order valence-corrected chi connectivity index (χ0v) is 8.76. The second-order valence-electron chi connectivity index (χ2n) is 4.28. The molecule has 0 saturated heterocycles. The van der Waals surface area contributed by atoms with Gasteiger partial charge in [0.1, 0.15) is 0 Å². The van der Waals surface area contributed by atoms with E-state index in [9.17, 15) is 13.9 Å². The summed E-state index contributed by atoms with van der Waals surface area (Å²) in [6.45, 7) is 3.94. The zero-order chi connectivity index (χ0) is 10.8. The Balaban J connectivity index is 2.69. The second-order valence-corrected chi connectivity index (χ2v) is 4.28. The van der Waals surface area contributed by atoms with Gasteiger partial charge in [-0.05, 0) is 24.8 Å². The highest BCUT2D eigenvalue weighted by Crippen LogP contribution is 2.37. The average Bonchev–Trinajstić information content (AvgIpc) is 2.11. The zero-order valence-electron chi connectivity index (χ0n) is 8.76. The van der Waals surface area contributed by atoms with Crippen LogP contribution in [0.15, 0.2) is 12.2 Å². The maximum atomic E-state index is 12.8. The van der Waals surface area contributed by atoms with E-state index in [1.54, 1.807) is 0 Å². The van der Waals surface area contributed by atoms with Crippen molar-refractivity contribution in [3.8, 4) is 0 Å².